The van der Waals surface area contributed by atoms with Crippen LogP contribution < -0.4 is 10.6 Å². The SMILES string of the molecule is O=C(C=C1SC(=O)NC1=O)Nc1ncc(Cc2ccccc2Cl)s1. The summed E-state index contributed by atoms with van der Waals surface area (Å²) in [4.78, 5) is 39.5. The summed E-state index contributed by atoms with van der Waals surface area (Å²) in [6.45, 7) is 0. The van der Waals surface area contributed by atoms with Gasteiger partial charge in [-0.05, 0) is 23.4 Å². The highest BCUT2D eigenvalue weighted by atomic mass is 35.5. The first kappa shape index (κ1) is 16.7. The Hall–Kier alpha value is -2.16. The summed E-state index contributed by atoms with van der Waals surface area (Å²) < 4.78 is 0. The Kier molecular flexibility index (Phi) is 4.98. The van der Waals surface area contributed by atoms with Gasteiger partial charge in [0.05, 0.1) is 4.91 Å². The fraction of sp³-hybridized carbons (Fsp3) is 0.0667. The smallest absolute Gasteiger partial charge is 0.290 e. The molecule has 0 bridgehead atoms. The van der Waals surface area contributed by atoms with Crippen LogP contribution in [-0.4, -0.2) is 22.0 Å². The summed E-state index contributed by atoms with van der Waals surface area (Å²) >= 11 is 8.13. The molecule has 1 fully saturated rings. The predicted octanol–water partition coefficient (Wildman–Crippen LogP) is 3.19. The third-order valence-electron chi connectivity index (χ3n) is 3.01. The normalized spacial score (nSPS) is 15.6. The second-order valence-corrected chi connectivity index (χ2v) is 7.28. The number of hydrogen-bond acceptors (Lipinski definition) is 6. The number of thiazole rings is 1. The lowest BCUT2D eigenvalue weighted by atomic mass is 10.1. The lowest BCUT2D eigenvalue weighted by molar-refractivity contribution is -0.116. The van der Waals surface area contributed by atoms with Gasteiger partial charge in [-0.3, -0.25) is 25.0 Å². The van der Waals surface area contributed by atoms with Crippen molar-refractivity contribution in [2.45, 2.75) is 6.42 Å². The topological polar surface area (TPSA) is 88.2 Å². The highest BCUT2D eigenvalue weighted by molar-refractivity contribution is 8.18. The molecule has 24 heavy (non-hydrogen) atoms. The molecule has 1 aliphatic rings. The first-order valence-corrected chi connectivity index (χ1v) is 8.76. The van der Waals surface area contributed by atoms with Gasteiger partial charge in [0.2, 0.25) is 0 Å². The minimum absolute atomic E-state index is 0.0605. The number of hydrogen-bond donors (Lipinski definition) is 2. The molecule has 1 aromatic heterocycles. The third kappa shape index (κ3) is 4.02. The van der Waals surface area contributed by atoms with Crippen LogP contribution in [0.4, 0.5) is 9.93 Å². The minimum atomic E-state index is -0.571. The van der Waals surface area contributed by atoms with Gasteiger partial charge >= 0.3 is 0 Å². The number of anilines is 1. The van der Waals surface area contributed by atoms with Gasteiger partial charge in [0.15, 0.2) is 5.13 Å². The molecule has 2 heterocycles. The molecule has 1 aromatic carbocycles. The monoisotopic (exact) mass is 379 g/mol. The van der Waals surface area contributed by atoms with Gasteiger partial charge in [-0.15, -0.1) is 11.3 Å². The maximum absolute atomic E-state index is 11.9. The van der Waals surface area contributed by atoms with E-state index in [9.17, 15) is 14.4 Å². The molecule has 6 nitrogen and oxygen atoms in total. The number of amides is 3. The van der Waals surface area contributed by atoms with Crippen LogP contribution in [0.2, 0.25) is 5.02 Å². The van der Waals surface area contributed by atoms with Gasteiger partial charge in [-0.2, -0.15) is 0 Å². The van der Waals surface area contributed by atoms with Crippen molar-refractivity contribution in [2.75, 3.05) is 5.32 Å². The highest BCUT2D eigenvalue weighted by Gasteiger charge is 2.26. The molecular weight excluding hydrogens is 370 g/mol. The molecule has 0 aliphatic carbocycles. The van der Waals surface area contributed by atoms with E-state index in [1.165, 1.54) is 11.3 Å². The van der Waals surface area contributed by atoms with Crippen LogP contribution in [0.3, 0.4) is 0 Å². The predicted molar refractivity (Wildman–Crippen MR) is 94.2 cm³/mol. The fourth-order valence-corrected chi connectivity index (χ4v) is 3.65. The van der Waals surface area contributed by atoms with Crippen LogP contribution in [-0.2, 0) is 16.0 Å². The van der Waals surface area contributed by atoms with E-state index in [-0.39, 0.29) is 4.91 Å². The maximum Gasteiger partial charge on any atom is 0.290 e. The van der Waals surface area contributed by atoms with Crippen LogP contribution in [0.25, 0.3) is 0 Å². The van der Waals surface area contributed by atoms with Crippen molar-refractivity contribution in [1.29, 1.82) is 0 Å². The van der Waals surface area contributed by atoms with Crippen molar-refractivity contribution in [3.05, 3.63) is 56.9 Å². The molecule has 0 radical (unpaired) electrons. The van der Waals surface area contributed by atoms with Crippen molar-refractivity contribution < 1.29 is 14.4 Å². The number of imide groups is 1. The lowest BCUT2D eigenvalue weighted by Crippen LogP contribution is -2.18. The number of thioether (sulfide) groups is 1. The molecule has 2 aromatic rings. The zero-order chi connectivity index (χ0) is 17.1. The molecular formula is C15H10ClN3O3S2. The average molecular weight is 380 g/mol. The van der Waals surface area contributed by atoms with Gasteiger partial charge in [0.25, 0.3) is 17.1 Å². The summed E-state index contributed by atoms with van der Waals surface area (Å²) in [7, 11) is 0. The van der Waals surface area contributed by atoms with E-state index in [1.54, 1.807) is 6.20 Å². The fourth-order valence-electron chi connectivity index (χ4n) is 1.96. The van der Waals surface area contributed by atoms with Crippen LogP contribution in [0.15, 0.2) is 41.4 Å². The first-order chi connectivity index (χ1) is 11.5. The zero-order valence-electron chi connectivity index (χ0n) is 12.0. The van der Waals surface area contributed by atoms with Gasteiger partial charge in [-0.25, -0.2) is 4.98 Å². The van der Waals surface area contributed by atoms with E-state index < -0.39 is 17.1 Å². The number of halogens is 1. The van der Waals surface area contributed by atoms with Crippen molar-refractivity contribution in [3.8, 4) is 0 Å². The summed E-state index contributed by atoms with van der Waals surface area (Å²) in [5.41, 5.74) is 0.973. The molecule has 2 N–H and O–H groups in total. The number of carbonyl (C=O) groups excluding carboxylic acids is 3. The number of aromatic nitrogens is 1. The number of rotatable bonds is 4. The van der Waals surface area contributed by atoms with E-state index in [0.29, 0.717) is 28.3 Å². The lowest BCUT2D eigenvalue weighted by Gasteiger charge is -2.00. The van der Waals surface area contributed by atoms with Gasteiger partial charge < -0.3 is 0 Å². The van der Waals surface area contributed by atoms with E-state index in [2.05, 4.69) is 15.6 Å². The highest BCUT2D eigenvalue weighted by Crippen LogP contribution is 2.26. The van der Waals surface area contributed by atoms with Crippen LogP contribution in [0, 0.1) is 0 Å². The Morgan fingerprint density at radius 3 is 2.83 bits per heavy atom. The Labute approximate surface area is 150 Å². The molecule has 122 valence electrons. The standard InChI is InChI=1S/C15H10ClN3O3S2/c16-10-4-2-1-3-8(10)5-9-7-17-14(23-9)18-12(20)6-11-13(21)19-15(22)24-11/h1-4,6-7H,5H2,(H,17,18,20)(H,19,21,22). The second kappa shape index (κ2) is 7.16. The van der Waals surface area contributed by atoms with E-state index in [1.807, 2.05) is 24.3 Å². The van der Waals surface area contributed by atoms with Crippen molar-refractivity contribution in [2.24, 2.45) is 0 Å². The number of carbonyl (C=O) groups is 3. The Morgan fingerprint density at radius 2 is 2.12 bits per heavy atom. The van der Waals surface area contributed by atoms with E-state index in [4.69, 9.17) is 11.6 Å². The van der Waals surface area contributed by atoms with Gasteiger partial charge in [0, 0.05) is 28.6 Å². The number of benzene rings is 1. The number of nitrogens with one attached hydrogen (secondary N) is 2. The number of nitrogens with zero attached hydrogens (tertiary/aromatic N) is 1. The molecule has 9 heteroatoms. The molecule has 0 unspecified atom stereocenters. The Balaban J connectivity index is 1.65. The molecule has 3 amide bonds. The largest absolute Gasteiger partial charge is 0.298 e. The summed E-state index contributed by atoms with van der Waals surface area (Å²) in [5, 5.41) is 5.26. The van der Waals surface area contributed by atoms with Crippen LogP contribution in [0.5, 0.6) is 0 Å². The first-order valence-electron chi connectivity index (χ1n) is 6.75. The molecule has 1 aliphatic heterocycles. The van der Waals surface area contributed by atoms with Gasteiger partial charge in [0.1, 0.15) is 0 Å². The van der Waals surface area contributed by atoms with Gasteiger partial charge in [-0.1, -0.05) is 29.8 Å². The van der Waals surface area contributed by atoms with Crippen molar-refractivity contribution in [3.63, 3.8) is 0 Å². The Bertz CT molecular complexity index is 863. The van der Waals surface area contributed by atoms with Crippen molar-refractivity contribution >= 4 is 56.9 Å². The summed E-state index contributed by atoms with van der Waals surface area (Å²) in [6, 6.07) is 7.51. The van der Waals surface area contributed by atoms with Crippen LogP contribution >= 0.6 is 34.7 Å². The molecule has 0 saturated carbocycles. The average Bonchev–Trinajstić information content (AvgIpc) is 3.08. The maximum atomic E-state index is 11.9. The van der Waals surface area contributed by atoms with Crippen LogP contribution in [0.1, 0.15) is 10.4 Å². The van der Waals surface area contributed by atoms with E-state index >= 15 is 0 Å². The molecule has 1 saturated heterocycles. The molecule has 0 atom stereocenters. The third-order valence-corrected chi connectivity index (χ3v) is 5.10. The second-order valence-electron chi connectivity index (χ2n) is 4.74. The Morgan fingerprint density at radius 1 is 1.33 bits per heavy atom. The van der Waals surface area contributed by atoms with E-state index in [0.717, 1.165) is 16.5 Å². The zero-order valence-corrected chi connectivity index (χ0v) is 14.4. The molecule has 0 spiro atoms. The summed E-state index contributed by atoms with van der Waals surface area (Å²) in [5.74, 6) is -1.08. The summed E-state index contributed by atoms with van der Waals surface area (Å²) in [6.07, 6.45) is 3.36. The quantitative estimate of drug-likeness (QED) is 0.796. The minimum Gasteiger partial charge on any atom is -0.298 e. The van der Waals surface area contributed by atoms with Crippen molar-refractivity contribution in [1.82, 2.24) is 10.3 Å². The molecule has 3 rings (SSSR count).